The number of fused-ring (bicyclic) bond motifs is 1. The van der Waals surface area contributed by atoms with E-state index in [4.69, 9.17) is 16.0 Å². The van der Waals surface area contributed by atoms with Crippen molar-refractivity contribution < 1.29 is 9.21 Å². The Bertz CT molecular complexity index is 660. The minimum absolute atomic E-state index is 0.159. The average molecular weight is 335 g/mol. The Morgan fingerprint density at radius 2 is 1.96 bits per heavy atom. The van der Waals surface area contributed by atoms with Crippen LogP contribution in [0.1, 0.15) is 42.7 Å². The summed E-state index contributed by atoms with van der Waals surface area (Å²) in [4.78, 5) is 14.7. The molecule has 0 saturated carbocycles. The molecule has 0 bridgehead atoms. The summed E-state index contributed by atoms with van der Waals surface area (Å²) in [6.45, 7) is 4.11. The Morgan fingerprint density at radius 3 is 2.74 bits per heavy atom. The fourth-order valence-electron chi connectivity index (χ4n) is 3.08. The van der Waals surface area contributed by atoms with E-state index >= 15 is 0 Å². The molecular weight excluding hydrogens is 312 g/mol. The Kier molecular flexibility index (Phi) is 5.57. The predicted molar refractivity (Wildman–Crippen MR) is 93.1 cm³/mol. The van der Waals surface area contributed by atoms with E-state index in [9.17, 15) is 4.79 Å². The van der Waals surface area contributed by atoms with Gasteiger partial charge in [0.2, 0.25) is 0 Å². The van der Waals surface area contributed by atoms with Crippen LogP contribution in [0.4, 0.5) is 0 Å². The first-order valence-corrected chi connectivity index (χ1v) is 8.80. The Labute approximate surface area is 141 Å². The van der Waals surface area contributed by atoms with Crippen molar-refractivity contribution in [2.75, 3.05) is 26.2 Å². The smallest absolute Gasteiger partial charge is 0.287 e. The van der Waals surface area contributed by atoms with Crippen molar-refractivity contribution in [3.8, 4) is 0 Å². The summed E-state index contributed by atoms with van der Waals surface area (Å²) in [6.07, 6.45) is 6.27. The van der Waals surface area contributed by atoms with E-state index in [1.165, 1.54) is 38.8 Å². The standard InChI is InChI=1S/C18H23ClN2O2/c19-15-6-7-16-14(12-15)13-17(23-16)18(22)20-8-5-11-21-9-3-1-2-4-10-21/h6-7,12-13H,1-5,8-11H2,(H,20,22). The van der Waals surface area contributed by atoms with Crippen LogP contribution >= 0.6 is 11.6 Å². The first kappa shape index (κ1) is 16.3. The molecule has 1 aromatic carbocycles. The first-order chi connectivity index (χ1) is 11.2. The van der Waals surface area contributed by atoms with E-state index in [0.29, 0.717) is 22.9 Å². The largest absolute Gasteiger partial charge is 0.451 e. The summed E-state index contributed by atoms with van der Waals surface area (Å²) >= 11 is 5.95. The highest BCUT2D eigenvalue weighted by Gasteiger charge is 2.13. The number of nitrogens with one attached hydrogen (secondary N) is 1. The highest BCUT2D eigenvalue weighted by Crippen LogP contribution is 2.22. The molecule has 23 heavy (non-hydrogen) atoms. The molecule has 1 aliphatic rings. The number of nitrogens with zero attached hydrogens (tertiary/aromatic N) is 1. The van der Waals surface area contributed by atoms with E-state index in [2.05, 4.69) is 10.2 Å². The summed E-state index contributed by atoms with van der Waals surface area (Å²) in [7, 11) is 0. The number of benzene rings is 1. The van der Waals surface area contributed by atoms with Crippen molar-refractivity contribution in [2.45, 2.75) is 32.1 Å². The van der Waals surface area contributed by atoms with Crippen LogP contribution in [0.15, 0.2) is 28.7 Å². The molecule has 0 atom stereocenters. The molecule has 1 amide bonds. The SMILES string of the molecule is O=C(NCCCN1CCCCCC1)c1cc2cc(Cl)ccc2o1. The molecule has 1 saturated heterocycles. The molecule has 0 spiro atoms. The van der Waals surface area contributed by atoms with Gasteiger partial charge in [-0.05, 0) is 63.2 Å². The molecule has 5 heteroatoms. The van der Waals surface area contributed by atoms with Crippen molar-refractivity contribution in [2.24, 2.45) is 0 Å². The van der Waals surface area contributed by atoms with Crippen LogP contribution in [0.2, 0.25) is 5.02 Å². The van der Waals surface area contributed by atoms with Gasteiger partial charge >= 0.3 is 0 Å². The van der Waals surface area contributed by atoms with Gasteiger partial charge in [-0.15, -0.1) is 0 Å². The number of furan rings is 1. The average Bonchev–Trinajstić information content (AvgIpc) is 2.79. The molecular formula is C18H23ClN2O2. The van der Waals surface area contributed by atoms with Crippen LogP contribution in [0.25, 0.3) is 11.0 Å². The normalized spacial score (nSPS) is 16.4. The molecule has 1 fully saturated rings. The predicted octanol–water partition coefficient (Wildman–Crippen LogP) is 4.08. The van der Waals surface area contributed by atoms with Crippen LogP contribution in [0.3, 0.4) is 0 Å². The maximum Gasteiger partial charge on any atom is 0.287 e. The Hall–Kier alpha value is -1.52. The van der Waals surface area contributed by atoms with Gasteiger partial charge in [0.1, 0.15) is 5.58 Å². The van der Waals surface area contributed by atoms with Crippen molar-refractivity contribution >= 4 is 28.5 Å². The zero-order valence-corrected chi connectivity index (χ0v) is 14.1. The van der Waals surface area contributed by atoms with Crippen molar-refractivity contribution in [1.82, 2.24) is 10.2 Å². The highest BCUT2D eigenvalue weighted by atomic mass is 35.5. The number of halogens is 1. The summed E-state index contributed by atoms with van der Waals surface area (Å²) < 4.78 is 5.57. The van der Waals surface area contributed by atoms with Crippen LogP contribution in [-0.2, 0) is 0 Å². The molecule has 0 unspecified atom stereocenters. The van der Waals surface area contributed by atoms with Gasteiger partial charge in [-0.2, -0.15) is 0 Å². The second-order valence-electron chi connectivity index (χ2n) is 6.16. The lowest BCUT2D eigenvalue weighted by Crippen LogP contribution is -2.30. The fourth-order valence-corrected chi connectivity index (χ4v) is 3.26. The molecule has 1 N–H and O–H groups in total. The van der Waals surface area contributed by atoms with Gasteiger partial charge in [-0.1, -0.05) is 24.4 Å². The second-order valence-corrected chi connectivity index (χ2v) is 6.59. The van der Waals surface area contributed by atoms with E-state index in [0.717, 1.165) is 18.4 Å². The zero-order valence-electron chi connectivity index (χ0n) is 13.3. The number of amides is 1. The minimum Gasteiger partial charge on any atom is -0.451 e. The quantitative estimate of drug-likeness (QED) is 0.838. The molecule has 0 aliphatic carbocycles. The van der Waals surface area contributed by atoms with E-state index < -0.39 is 0 Å². The van der Waals surface area contributed by atoms with Crippen LogP contribution < -0.4 is 5.32 Å². The summed E-state index contributed by atoms with van der Waals surface area (Å²) in [6, 6.07) is 7.09. The Balaban J connectivity index is 1.46. The van der Waals surface area contributed by atoms with Crippen LogP contribution in [0.5, 0.6) is 0 Å². The van der Waals surface area contributed by atoms with E-state index in [1.807, 2.05) is 0 Å². The lowest BCUT2D eigenvalue weighted by Gasteiger charge is -2.19. The van der Waals surface area contributed by atoms with Gasteiger partial charge in [0.15, 0.2) is 5.76 Å². The van der Waals surface area contributed by atoms with E-state index in [1.54, 1.807) is 24.3 Å². The van der Waals surface area contributed by atoms with Gasteiger partial charge in [0, 0.05) is 17.0 Å². The van der Waals surface area contributed by atoms with Crippen molar-refractivity contribution in [3.05, 3.63) is 35.0 Å². The van der Waals surface area contributed by atoms with Gasteiger partial charge < -0.3 is 14.6 Å². The second kappa shape index (κ2) is 7.84. The maximum absolute atomic E-state index is 12.2. The number of carbonyl (C=O) groups excluding carboxylic acids is 1. The van der Waals surface area contributed by atoms with Gasteiger partial charge in [0.05, 0.1) is 0 Å². The number of rotatable bonds is 5. The Morgan fingerprint density at radius 1 is 1.17 bits per heavy atom. The number of hydrogen-bond acceptors (Lipinski definition) is 3. The van der Waals surface area contributed by atoms with Gasteiger partial charge in [-0.3, -0.25) is 4.79 Å². The van der Waals surface area contributed by atoms with Crippen molar-refractivity contribution in [1.29, 1.82) is 0 Å². The topological polar surface area (TPSA) is 45.5 Å². The third-order valence-electron chi connectivity index (χ3n) is 4.34. The number of hydrogen-bond donors (Lipinski definition) is 1. The fraction of sp³-hybridized carbons (Fsp3) is 0.500. The lowest BCUT2D eigenvalue weighted by molar-refractivity contribution is 0.0926. The highest BCUT2D eigenvalue weighted by molar-refractivity contribution is 6.31. The maximum atomic E-state index is 12.2. The molecule has 2 heterocycles. The van der Waals surface area contributed by atoms with Crippen molar-refractivity contribution in [3.63, 3.8) is 0 Å². The third kappa shape index (κ3) is 4.49. The first-order valence-electron chi connectivity index (χ1n) is 8.42. The lowest BCUT2D eigenvalue weighted by atomic mass is 10.2. The number of likely N-dealkylation sites (tertiary alicyclic amines) is 1. The molecule has 124 valence electrons. The molecule has 1 aromatic heterocycles. The van der Waals surface area contributed by atoms with Gasteiger partial charge in [0.25, 0.3) is 5.91 Å². The van der Waals surface area contributed by atoms with Gasteiger partial charge in [-0.25, -0.2) is 0 Å². The molecule has 0 radical (unpaired) electrons. The summed E-state index contributed by atoms with van der Waals surface area (Å²) in [5.74, 6) is 0.185. The summed E-state index contributed by atoms with van der Waals surface area (Å²) in [5, 5.41) is 4.43. The van der Waals surface area contributed by atoms with Crippen LogP contribution in [0, 0.1) is 0 Å². The van der Waals surface area contributed by atoms with Crippen LogP contribution in [-0.4, -0.2) is 37.0 Å². The third-order valence-corrected chi connectivity index (χ3v) is 4.57. The van der Waals surface area contributed by atoms with E-state index in [-0.39, 0.29) is 5.91 Å². The minimum atomic E-state index is -0.159. The molecule has 3 rings (SSSR count). The monoisotopic (exact) mass is 334 g/mol. The molecule has 4 nitrogen and oxygen atoms in total. The number of carbonyl (C=O) groups is 1. The molecule has 1 aliphatic heterocycles. The zero-order chi connectivity index (χ0) is 16.1. The molecule has 2 aromatic rings. The summed E-state index contributed by atoms with van der Waals surface area (Å²) in [5.41, 5.74) is 0.684.